The molecular weight excluding hydrogens is 434 g/mol. The number of likely N-dealkylation sites (N-methyl/N-ethyl adjacent to an activating group) is 1. The van der Waals surface area contributed by atoms with E-state index < -0.39 is 15.9 Å². The molecule has 1 aliphatic rings. The van der Waals surface area contributed by atoms with Crippen LogP contribution in [0.25, 0.3) is 0 Å². The highest BCUT2D eigenvalue weighted by Gasteiger charge is 2.29. The van der Waals surface area contributed by atoms with E-state index in [9.17, 15) is 13.2 Å². The van der Waals surface area contributed by atoms with E-state index in [1.807, 2.05) is 24.3 Å². The van der Waals surface area contributed by atoms with Crippen molar-refractivity contribution in [2.45, 2.75) is 38.0 Å². The molecule has 1 heterocycles. The van der Waals surface area contributed by atoms with Crippen molar-refractivity contribution in [1.29, 1.82) is 0 Å². The van der Waals surface area contributed by atoms with Crippen LogP contribution in [0.1, 0.15) is 49.0 Å². The number of anilines is 1. The van der Waals surface area contributed by atoms with E-state index in [1.54, 1.807) is 0 Å². The fourth-order valence-electron chi connectivity index (χ4n) is 3.72. The number of amides is 1. The Labute approximate surface area is 190 Å². The summed E-state index contributed by atoms with van der Waals surface area (Å²) in [7, 11) is -3.70. The number of hydrogen-bond acceptors (Lipinski definition) is 4. The van der Waals surface area contributed by atoms with Crippen LogP contribution in [-0.2, 0) is 10.0 Å². The highest BCUT2D eigenvalue weighted by Crippen LogP contribution is 2.29. The fraction of sp³-hybridized carbons (Fsp3) is 0.435. The van der Waals surface area contributed by atoms with Gasteiger partial charge in [0.05, 0.1) is 15.5 Å². The number of nitrogens with zero attached hydrogens (tertiary/aromatic N) is 2. The van der Waals surface area contributed by atoms with Gasteiger partial charge in [-0.05, 0) is 48.7 Å². The fourth-order valence-corrected chi connectivity index (χ4v) is 5.38. The van der Waals surface area contributed by atoms with Crippen molar-refractivity contribution in [3.05, 3.63) is 58.6 Å². The molecule has 2 aromatic rings. The minimum Gasteiger partial charge on any atom is -0.322 e. The highest BCUT2D eigenvalue weighted by molar-refractivity contribution is 7.89. The third-order valence-electron chi connectivity index (χ3n) is 5.95. The van der Waals surface area contributed by atoms with Gasteiger partial charge >= 0.3 is 0 Å². The molecule has 1 N–H and O–H groups in total. The largest absolute Gasteiger partial charge is 0.322 e. The lowest BCUT2D eigenvalue weighted by molar-refractivity contribution is 0.102. The number of piperazine rings is 1. The van der Waals surface area contributed by atoms with Crippen LogP contribution in [0, 0.1) is 0 Å². The van der Waals surface area contributed by atoms with Gasteiger partial charge < -0.3 is 10.2 Å². The van der Waals surface area contributed by atoms with Gasteiger partial charge in [0.25, 0.3) is 5.91 Å². The molecule has 168 valence electrons. The van der Waals surface area contributed by atoms with Crippen LogP contribution in [-0.4, -0.2) is 56.3 Å². The first-order valence-electron chi connectivity index (χ1n) is 10.7. The topological polar surface area (TPSA) is 69.7 Å². The Bertz CT molecular complexity index is 1030. The molecule has 31 heavy (non-hydrogen) atoms. The predicted molar refractivity (Wildman–Crippen MR) is 125 cm³/mol. The molecule has 0 saturated carbocycles. The minimum absolute atomic E-state index is 0.0854. The Morgan fingerprint density at radius 1 is 1.10 bits per heavy atom. The van der Waals surface area contributed by atoms with Gasteiger partial charge in [0.15, 0.2) is 0 Å². The summed E-state index contributed by atoms with van der Waals surface area (Å²) in [5, 5.41) is 3.13. The summed E-state index contributed by atoms with van der Waals surface area (Å²) in [5.74, 6) is -0.144. The molecular formula is C23H30ClN3O3S. The number of hydrogen-bond donors (Lipinski definition) is 1. The molecule has 1 fully saturated rings. The van der Waals surface area contributed by atoms with Crippen LogP contribution in [0.5, 0.6) is 0 Å². The molecule has 3 rings (SSSR count). The van der Waals surface area contributed by atoms with Crippen molar-refractivity contribution in [1.82, 2.24) is 9.21 Å². The quantitative estimate of drug-likeness (QED) is 0.659. The van der Waals surface area contributed by atoms with Gasteiger partial charge in [-0.2, -0.15) is 4.31 Å². The number of carbonyl (C=O) groups excluding carboxylic acids is 1. The van der Waals surface area contributed by atoms with Gasteiger partial charge in [0.2, 0.25) is 10.0 Å². The smallest absolute Gasteiger partial charge is 0.257 e. The van der Waals surface area contributed by atoms with E-state index >= 15 is 0 Å². The summed E-state index contributed by atoms with van der Waals surface area (Å²) in [6.07, 6.45) is 0.937. The van der Waals surface area contributed by atoms with Crippen LogP contribution in [0.4, 0.5) is 5.69 Å². The maximum atomic E-state index is 13.1. The average molecular weight is 464 g/mol. The molecule has 1 amide bonds. The molecule has 0 aromatic heterocycles. The number of sulfonamides is 1. The van der Waals surface area contributed by atoms with Gasteiger partial charge in [0, 0.05) is 31.9 Å². The molecule has 0 unspecified atom stereocenters. The third kappa shape index (κ3) is 5.29. The Morgan fingerprint density at radius 3 is 2.42 bits per heavy atom. The van der Waals surface area contributed by atoms with Crippen LogP contribution in [0.3, 0.4) is 0 Å². The van der Waals surface area contributed by atoms with Crippen molar-refractivity contribution in [3.8, 4) is 0 Å². The van der Waals surface area contributed by atoms with Crippen LogP contribution in [0.15, 0.2) is 47.4 Å². The van der Waals surface area contributed by atoms with Gasteiger partial charge in [0.1, 0.15) is 0 Å². The van der Waals surface area contributed by atoms with Crippen LogP contribution < -0.4 is 5.32 Å². The van der Waals surface area contributed by atoms with Gasteiger partial charge in [-0.1, -0.05) is 50.6 Å². The van der Waals surface area contributed by atoms with Gasteiger partial charge in [-0.3, -0.25) is 4.79 Å². The molecule has 6 nitrogen and oxygen atoms in total. The lowest BCUT2D eigenvalue weighted by atomic mass is 9.97. The van der Waals surface area contributed by atoms with Crippen molar-refractivity contribution in [3.63, 3.8) is 0 Å². The monoisotopic (exact) mass is 463 g/mol. The average Bonchev–Trinajstić information content (AvgIpc) is 2.79. The lowest BCUT2D eigenvalue weighted by Gasteiger charge is -2.33. The lowest BCUT2D eigenvalue weighted by Crippen LogP contribution is -2.48. The number of halogens is 1. The maximum Gasteiger partial charge on any atom is 0.257 e. The first-order chi connectivity index (χ1) is 14.8. The summed E-state index contributed by atoms with van der Waals surface area (Å²) in [5.41, 5.74) is 1.89. The summed E-state index contributed by atoms with van der Waals surface area (Å²) in [6.45, 7) is 9.42. The van der Waals surface area contributed by atoms with Gasteiger partial charge in [-0.25, -0.2) is 8.42 Å². The predicted octanol–water partition coefficient (Wildman–Crippen LogP) is 4.43. The molecule has 1 atom stereocenters. The second kappa shape index (κ2) is 10.1. The van der Waals surface area contributed by atoms with E-state index in [-0.39, 0.29) is 21.4 Å². The molecule has 2 aromatic carbocycles. The van der Waals surface area contributed by atoms with Crippen molar-refractivity contribution < 1.29 is 13.2 Å². The molecule has 0 radical (unpaired) electrons. The summed E-state index contributed by atoms with van der Waals surface area (Å²) >= 11 is 6.28. The normalized spacial score (nSPS) is 16.8. The maximum absolute atomic E-state index is 13.1. The molecule has 1 saturated heterocycles. The van der Waals surface area contributed by atoms with Crippen LogP contribution in [0.2, 0.25) is 5.02 Å². The number of benzene rings is 2. The van der Waals surface area contributed by atoms with E-state index in [1.165, 1.54) is 22.5 Å². The molecule has 8 heteroatoms. The van der Waals surface area contributed by atoms with E-state index in [2.05, 4.69) is 31.0 Å². The van der Waals surface area contributed by atoms with Crippen molar-refractivity contribution in [2.75, 3.05) is 38.0 Å². The Balaban J connectivity index is 1.86. The first-order valence-corrected chi connectivity index (χ1v) is 12.5. The summed E-state index contributed by atoms with van der Waals surface area (Å²) in [6, 6.07) is 12.0. The second-order valence-corrected chi connectivity index (χ2v) is 10.2. The van der Waals surface area contributed by atoms with E-state index in [0.29, 0.717) is 31.9 Å². The number of rotatable bonds is 7. The van der Waals surface area contributed by atoms with Crippen molar-refractivity contribution >= 4 is 33.2 Å². The highest BCUT2D eigenvalue weighted by atomic mass is 35.5. The van der Waals surface area contributed by atoms with Crippen molar-refractivity contribution in [2.24, 2.45) is 0 Å². The molecule has 0 aliphatic carbocycles. The number of nitrogens with one attached hydrogen (secondary N) is 1. The molecule has 0 bridgehead atoms. The number of carbonyl (C=O) groups is 1. The zero-order chi connectivity index (χ0) is 22.6. The molecule has 1 aliphatic heterocycles. The van der Waals surface area contributed by atoms with Crippen LogP contribution >= 0.6 is 11.6 Å². The van der Waals surface area contributed by atoms with Gasteiger partial charge in [-0.15, -0.1) is 0 Å². The zero-order valence-corrected chi connectivity index (χ0v) is 19.8. The summed E-state index contributed by atoms with van der Waals surface area (Å²) in [4.78, 5) is 15.3. The van der Waals surface area contributed by atoms with E-state index in [4.69, 9.17) is 11.6 Å². The zero-order valence-electron chi connectivity index (χ0n) is 18.3. The number of para-hydroxylation sites is 1. The van der Waals surface area contributed by atoms with E-state index in [0.717, 1.165) is 18.5 Å². The Hall–Kier alpha value is -1.93. The Morgan fingerprint density at radius 2 is 1.77 bits per heavy atom. The summed E-state index contributed by atoms with van der Waals surface area (Å²) < 4.78 is 27.8. The third-order valence-corrected chi connectivity index (χ3v) is 8.18. The second-order valence-electron chi connectivity index (χ2n) is 7.83. The Kier molecular flexibility index (Phi) is 7.75. The first kappa shape index (κ1) is 23.7. The SMILES string of the molecule is CC[C@@H](C)c1ccccc1NC(=O)c1cc(S(=O)(=O)N2CCN(CC)CC2)ccc1Cl. The molecule has 0 spiro atoms. The minimum atomic E-state index is -3.70. The standard InChI is InChI=1S/C23H30ClN3O3S/c1-4-17(3)19-8-6-7-9-22(19)25-23(28)20-16-18(10-11-21(20)24)31(29,30)27-14-12-26(5-2)13-15-27/h6-11,16-17H,4-5,12-15H2,1-3H3,(H,25,28)/t17-/m1/s1.